The topological polar surface area (TPSA) is 38.3 Å². The van der Waals surface area contributed by atoms with Crippen LogP contribution in [0.15, 0.2) is 48.5 Å². The van der Waals surface area contributed by atoms with Crippen LogP contribution in [0.1, 0.15) is 30.9 Å². The number of nitrogens with one attached hydrogen (secondary N) is 1. The molecule has 22 heavy (non-hydrogen) atoms. The second-order valence-electron chi connectivity index (χ2n) is 5.33. The molecule has 0 fully saturated rings. The molecule has 112 valence electrons. The number of fused-ring (bicyclic) bond motifs is 1. The highest BCUT2D eigenvalue weighted by Gasteiger charge is 2.23. The Morgan fingerprint density at radius 2 is 1.86 bits per heavy atom. The highest BCUT2D eigenvalue weighted by molar-refractivity contribution is 6.34. The lowest BCUT2D eigenvalue weighted by Gasteiger charge is -2.05. The molecule has 0 saturated carbocycles. The van der Waals surface area contributed by atoms with Crippen molar-refractivity contribution in [3.8, 4) is 5.75 Å². The van der Waals surface area contributed by atoms with E-state index in [1.807, 2.05) is 54.6 Å². The van der Waals surface area contributed by atoms with E-state index in [2.05, 4.69) is 12.2 Å². The maximum absolute atomic E-state index is 12.1. The highest BCUT2D eigenvalue weighted by atomic mass is 16.5. The fourth-order valence-corrected chi connectivity index (χ4v) is 2.44. The number of carbonyl (C=O) groups is 1. The van der Waals surface area contributed by atoms with Crippen LogP contribution in [0.2, 0.25) is 0 Å². The summed E-state index contributed by atoms with van der Waals surface area (Å²) >= 11 is 0. The van der Waals surface area contributed by atoms with Crippen molar-refractivity contribution in [3.63, 3.8) is 0 Å². The predicted molar refractivity (Wildman–Crippen MR) is 89.8 cm³/mol. The van der Waals surface area contributed by atoms with Crippen molar-refractivity contribution in [1.82, 2.24) is 0 Å². The first-order chi connectivity index (χ1) is 10.8. The molecule has 0 radical (unpaired) electrons. The Hall–Kier alpha value is -2.55. The van der Waals surface area contributed by atoms with Crippen molar-refractivity contribution < 1.29 is 9.53 Å². The molecule has 0 spiro atoms. The zero-order valence-electron chi connectivity index (χ0n) is 12.6. The van der Waals surface area contributed by atoms with Gasteiger partial charge in [-0.1, -0.05) is 43.7 Å². The number of unbranched alkanes of at least 4 members (excludes halogenated alkanes) is 1. The van der Waals surface area contributed by atoms with Gasteiger partial charge in [-0.2, -0.15) is 0 Å². The average Bonchev–Trinajstić information content (AvgIpc) is 2.85. The number of hydrogen-bond acceptors (Lipinski definition) is 2. The molecule has 1 heterocycles. The van der Waals surface area contributed by atoms with Crippen LogP contribution in [0.4, 0.5) is 5.69 Å². The third kappa shape index (κ3) is 3.03. The van der Waals surface area contributed by atoms with Crippen molar-refractivity contribution in [3.05, 3.63) is 59.7 Å². The predicted octanol–water partition coefficient (Wildman–Crippen LogP) is 4.36. The quantitative estimate of drug-likeness (QED) is 0.657. The summed E-state index contributed by atoms with van der Waals surface area (Å²) in [4.78, 5) is 12.1. The summed E-state index contributed by atoms with van der Waals surface area (Å²) in [5.41, 5.74) is 3.52. The van der Waals surface area contributed by atoms with E-state index in [-0.39, 0.29) is 5.91 Å². The minimum Gasteiger partial charge on any atom is -0.494 e. The SMILES string of the molecule is CCCCOc1ccc(/C=C2/C(=O)Nc3ccccc32)cc1. The lowest BCUT2D eigenvalue weighted by Crippen LogP contribution is -2.03. The number of carbonyl (C=O) groups excluding carboxylic acids is 1. The van der Waals surface area contributed by atoms with E-state index in [1.165, 1.54) is 0 Å². The molecular formula is C19H19NO2. The molecule has 1 N–H and O–H groups in total. The van der Waals surface area contributed by atoms with Gasteiger partial charge < -0.3 is 10.1 Å². The normalized spacial score (nSPS) is 14.8. The molecule has 3 heteroatoms. The van der Waals surface area contributed by atoms with Crippen molar-refractivity contribution in [2.24, 2.45) is 0 Å². The van der Waals surface area contributed by atoms with Gasteiger partial charge in [-0.3, -0.25) is 4.79 Å². The summed E-state index contributed by atoms with van der Waals surface area (Å²) in [6.45, 7) is 2.88. The molecule has 2 aromatic carbocycles. The zero-order valence-corrected chi connectivity index (χ0v) is 12.6. The Morgan fingerprint density at radius 1 is 1.09 bits per heavy atom. The van der Waals surface area contributed by atoms with Gasteiger partial charge in [0.25, 0.3) is 5.91 Å². The maximum Gasteiger partial charge on any atom is 0.256 e. The van der Waals surface area contributed by atoms with Crippen LogP contribution in [0.5, 0.6) is 5.75 Å². The number of anilines is 1. The van der Waals surface area contributed by atoms with Crippen molar-refractivity contribution in [1.29, 1.82) is 0 Å². The largest absolute Gasteiger partial charge is 0.494 e. The van der Waals surface area contributed by atoms with Crippen molar-refractivity contribution in [2.75, 3.05) is 11.9 Å². The fraction of sp³-hybridized carbons (Fsp3) is 0.211. The van der Waals surface area contributed by atoms with E-state index in [9.17, 15) is 4.79 Å². The molecule has 2 aromatic rings. The number of rotatable bonds is 5. The van der Waals surface area contributed by atoms with E-state index in [0.717, 1.165) is 42.0 Å². The Kier molecular flexibility index (Phi) is 4.24. The standard InChI is InChI=1S/C19H19NO2/c1-2-3-12-22-15-10-8-14(9-11-15)13-17-16-6-4-5-7-18(16)20-19(17)21/h4-11,13H,2-3,12H2,1H3,(H,20,21)/b17-13+. The van der Waals surface area contributed by atoms with Crippen LogP contribution in [-0.2, 0) is 4.79 Å². The molecule has 1 aliphatic rings. The molecule has 3 rings (SSSR count). The lowest BCUT2D eigenvalue weighted by molar-refractivity contribution is -0.110. The average molecular weight is 293 g/mol. The highest BCUT2D eigenvalue weighted by Crippen LogP contribution is 2.32. The number of ether oxygens (including phenoxy) is 1. The third-order valence-electron chi connectivity index (χ3n) is 3.67. The summed E-state index contributed by atoms with van der Waals surface area (Å²) < 4.78 is 5.65. The molecule has 1 aliphatic heterocycles. The second-order valence-corrected chi connectivity index (χ2v) is 5.33. The minimum atomic E-state index is -0.0514. The van der Waals surface area contributed by atoms with Crippen LogP contribution in [-0.4, -0.2) is 12.5 Å². The molecule has 1 amide bonds. The van der Waals surface area contributed by atoms with Crippen molar-refractivity contribution in [2.45, 2.75) is 19.8 Å². The van der Waals surface area contributed by atoms with Crippen LogP contribution in [0.25, 0.3) is 11.6 Å². The summed E-state index contributed by atoms with van der Waals surface area (Å²) in [6.07, 6.45) is 4.10. The molecule has 0 saturated heterocycles. The van der Waals surface area contributed by atoms with Gasteiger partial charge in [0, 0.05) is 16.8 Å². The smallest absolute Gasteiger partial charge is 0.256 e. The number of para-hydroxylation sites is 1. The van der Waals surface area contributed by atoms with Crippen LogP contribution >= 0.6 is 0 Å². The molecule has 0 aliphatic carbocycles. The van der Waals surface area contributed by atoms with Gasteiger partial charge in [-0.05, 0) is 36.3 Å². The molecule has 3 nitrogen and oxygen atoms in total. The van der Waals surface area contributed by atoms with Gasteiger partial charge in [0.15, 0.2) is 0 Å². The van der Waals surface area contributed by atoms with E-state index >= 15 is 0 Å². The fourth-order valence-electron chi connectivity index (χ4n) is 2.44. The lowest BCUT2D eigenvalue weighted by atomic mass is 10.0. The summed E-state index contributed by atoms with van der Waals surface area (Å²) in [5.74, 6) is 0.816. The van der Waals surface area contributed by atoms with Gasteiger partial charge in [0.05, 0.1) is 6.61 Å². The molecule has 0 atom stereocenters. The van der Waals surface area contributed by atoms with Crippen molar-refractivity contribution >= 4 is 23.2 Å². The summed E-state index contributed by atoms with van der Waals surface area (Å²) in [7, 11) is 0. The Bertz CT molecular complexity index is 702. The van der Waals surface area contributed by atoms with Gasteiger partial charge in [-0.25, -0.2) is 0 Å². The Morgan fingerprint density at radius 3 is 2.64 bits per heavy atom. The van der Waals surface area contributed by atoms with Crippen LogP contribution < -0.4 is 10.1 Å². The number of hydrogen-bond donors (Lipinski definition) is 1. The second kappa shape index (κ2) is 6.48. The first kappa shape index (κ1) is 14.4. The van der Waals surface area contributed by atoms with Gasteiger partial charge in [0.1, 0.15) is 5.75 Å². The van der Waals surface area contributed by atoms with Gasteiger partial charge >= 0.3 is 0 Å². The summed E-state index contributed by atoms with van der Waals surface area (Å²) in [6, 6.07) is 15.6. The third-order valence-corrected chi connectivity index (χ3v) is 3.67. The number of amides is 1. The van der Waals surface area contributed by atoms with Gasteiger partial charge in [-0.15, -0.1) is 0 Å². The van der Waals surface area contributed by atoms with Crippen LogP contribution in [0, 0.1) is 0 Å². The summed E-state index contributed by atoms with van der Waals surface area (Å²) in [5, 5.41) is 2.88. The number of benzene rings is 2. The van der Waals surface area contributed by atoms with E-state index in [1.54, 1.807) is 0 Å². The Labute approximate surface area is 130 Å². The van der Waals surface area contributed by atoms with Gasteiger partial charge in [0.2, 0.25) is 0 Å². The minimum absolute atomic E-state index is 0.0514. The first-order valence-electron chi connectivity index (χ1n) is 7.63. The van der Waals surface area contributed by atoms with Crippen LogP contribution in [0.3, 0.4) is 0 Å². The maximum atomic E-state index is 12.1. The molecule has 0 unspecified atom stereocenters. The monoisotopic (exact) mass is 293 g/mol. The molecule has 0 aromatic heterocycles. The Balaban J connectivity index is 1.79. The molecular weight excluding hydrogens is 274 g/mol. The zero-order chi connectivity index (χ0) is 15.4. The first-order valence-corrected chi connectivity index (χ1v) is 7.63. The molecule has 0 bridgehead atoms. The van der Waals surface area contributed by atoms with E-state index in [4.69, 9.17) is 4.74 Å². The van der Waals surface area contributed by atoms with E-state index in [0.29, 0.717) is 5.57 Å². The van der Waals surface area contributed by atoms with E-state index < -0.39 is 0 Å².